The van der Waals surface area contributed by atoms with Crippen LogP contribution in [0.5, 0.6) is 0 Å². The fourth-order valence-electron chi connectivity index (χ4n) is 1.42. The lowest BCUT2D eigenvalue weighted by Gasteiger charge is -2.26. The Morgan fingerprint density at radius 1 is 1.00 bits per heavy atom. The molecular weight excluding hydrogens is 208 g/mol. The first-order valence-corrected chi connectivity index (χ1v) is 5.88. The highest BCUT2D eigenvalue weighted by atomic mass is 17.5. The van der Waals surface area contributed by atoms with Crippen LogP contribution in [-0.2, 0) is 19.6 Å². The van der Waals surface area contributed by atoms with Gasteiger partial charge >= 0.3 is 5.97 Å². The van der Waals surface area contributed by atoms with E-state index in [4.69, 9.17) is 9.78 Å². The summed E-state index contributed by atoms with van der Waals surface area (Å²) in [5.74, 6) is -0.357. The Hall–Kier alpha value is -0.610. The molecule has 16 heavy (non-hydrogen) atoms. The quantitative estimate of drug-likeness (QED) is 0.520. The van der Waals surface area contributed by atoms with Gasteiger partial charge in [-0.3, -0.25) is 4.89 Å². The van der Waals surface area contributed by atoms with Crippen LogP contribution in [0.25, 0.3) is 0 Å². The van der Waals surface area contributed by atoms with Crippen molar-refractivity contribution in [3.8, 4) is 0 Å². The molecule has 0 aliphatic carbocycles. The fraction of sp³-hybridized carbons (Fsp3) is 0.917. The predicted octanol–water partition coefficient (Wildman–Crippen LogP) is 3.41. The molecule has 0 aliphatic heterocycles. The van der Waals surface area contributed by atoms with Crippen molar-refractivity contribution in [3.05, 3.63) is 0 Å². The van der Waals surface area contributed by atoms with Gasteiger partial charge in [-0.25, -0.2) is 4.79 Å². The van der Waals surface area contributed by atoms with E-state index in [1.165, 1.54) is 0 Å². The molecule has 0 saturated heterocycles. The molecular formula is C12H24O4. The Labute approximate surface area is 98.1 Å². The third kappa shape index (κ3) is 4.49. The third-order valence-electron chi connectivity index (χ3n) is 2.86. The monoisotopic (exact) mass is 232 g/mol. The zero-order chi connectivity index (χ0) is 12.8. The second kappa shape index (κ2) is 6.21. The molecule has 0 bridgehead atoms. The molecule has 0 aromatic rings. The first-order chi connectivity index (χ1) is 7.31. The minimum Gasteiger partial charge on any atom is -0.268 e. The molecule has 0 aromatic carbocycles. The molecule has 0 N–H and O–H groups in total. The van der Waals surface area contributed by atoms with E-state index in [1.807, 2.05) is 41.5 Å². The van der Waals surface area contributed by atoms with E-state index < -0.39 is 11.0 Å². The van der Waals surface area contributed by atoms with Gasteiger partial charge in [-0.05, 0) is 45.1 Å². The van der Waals surface area contributed by atoms with E-state index in [2.05, 4.69) is 5.04 Å². The van der Waals surface area contributed by atoms with Crippen LogP contribution in [0.1, 0.15) is 60.8 Å². The zero-order valence-electron chi connectivity index (χ0n) is 11.3. The van der Waals surface area contributed by atoms with E-state index in [0.717, 1.165) is 19.3 Å². The highest BCUT2D eigenvalue weighted by Gasteiger charge is 2.36. The van der Waals surface area contributed by atoms with Crippen molar-refractivity contribution in [2.75, 3.05) is 0 Å². The SMILES string of the molecule is CCC(CC)(CC)C(=O)OOOC(C)(C)C. The molecule has 0 amide bonds. The molecule has 0 atom stereocenters. The molecule has 0 saturated carbocycles. The van der Waals surface area contributed by atoms with Crippen molar-refractivity contribution in [1.29, 1.82) is 0 Å². The molecule has 4 heteroatoms. The van der Waals surface area contributed by atoms with Gasteiger partial charge in [0.15, 0.2) is 0 Å². The van der Waals surface area contributed by atoms with Gasteiger partial charge in [0.05, 0.1) is 11.0 Å². The highest BCUT2D eigenvalue weighted by molar-refractivity contribution is 5.76. The number of carbonyl (C=O) groups excluding carboxylic acids is 1. The summed E-state index contributed by atoms with van der Waals surface area (Å²) in [6, 6.07) is 0. The summed E-state index contributed by atoms with van der Waals surface area (Å²) in [7, 11) is 0. The number of carbonyl (C=O) groups is 1. The summed E-state index contributed by atoms with van der Waals surface area (Å²) in [6.07, 6.45) is 2.20. The van der Waals surface area contributed by atoms with E-state index >= 15 is 0 Å². The molecule has 96 valence electrons. The predicted molar refractivity (Wildman–Crippen MR) is 61.3 cm³/mol. The van der Waals surface area contributed by atoms with Crippen molar-refractivity contribution >= 4 is 5.97 Å². The lowest BCUT2D eigenvalue weighted by Crippen LogP contribution is -2.32. The van der Waals surface area contributed by atoms with Gasteiger partial charge in [0.1, 0.15) is 0 Å². The maximum atomic E-state index is 11.8. The van der Waals surface area contributed by atoms with Crippen LogP contribution in [0.3, 0.4) is 0 Å². The van der Waals surface area contributed by atoms with Crippen molar-refractivity contribution < 1.29 is 19.6 Å². The van der Waals surface area contributed by atoms with Crippen molar-refractivity contribution in [2.24, 2.45) is 5.41 Å². The van der Waals surface area contributed by atoms with E-state index in [0.29, 0.717) is 0 Å². The van der Waals surface area contributed by atoms with Crippen LogP contribution in [0.4, 0.5) is 0 Å². The van der Waals surface area contributed by atoms with Gasteiger partial charge in [0, 0.05) is 0 Å². The smallest absolute Gasteiger partial charge is 0.268 e. The van der Waals surface area contributed by atoms with Crippen molar-refractivity contribution in [1.82, 2.24) is 0 Å². The lowest BCUT2D eigenvalue weighted by atomic mass is 9.80. The van der Waals surface area contributed by atoms with Crippen LogP contribution >= 0.6 is 0 Å². The van der Waals surface area contributed by atoms with Crippen LogP contribution in [-0.4, -0.2) is 11.6 Å². The number of rotatable bonds is 6. The summed E-state index contributed by atoms with van der Waals surface area (Å²) >= 11 is 0. The summed E-state index contributed by atoms with van der Waals surface area (Å²) in [5.41, 5.74) is -0.950. The second-order valence-electron chi connectivity index (χ2n) is 4.98. The Morgan fingerprint density at radius 2 is 1.44 bits per heavy atom. The van der Waals surface area contributed by atoms with Gasteiger partial charge in [-0.2, -0.15) is 4.89 Å². The maximum absolute atomic E-state index is 11.8. The topological polar surface area (TPSA) is 44.8 Å². The maximum Gasteiger partial charge on any atom is 0.351 e. The minimum atomic E-state index is -0.492. The molecule has 0 unspecified atom stereocenters. The molecule has 0 fully saturated rings. The Bertz CT molecular complexity index is 205. The van der Waals surface area contributed by atoms with Gasteiger partial charge < -0.3 is 0 Å². The summed E-state index contributed by atoms with van der Waals surface area (Å²) in [4.78, 5) is 21.4. The Kier molecular flexibility index (Phi) is 5.97. The molecule has 0 rings (SSSR count). The first kappa shape index (κ1) is 15.4. The molecule has 0 aliphatic rings. The van der Waals surface area contributed by atoms with Gasteiger partial charge in [0.2, 0.25) is 0 Å². The molecule has 0 heterocycles. The summed E-state index contributed by atoms with van der Waals surface area (Å²) < 4.78 is 0. The van der Waals surface area contributed by atoms with Crippen molar-refractivity contribution in [3.63, 3.8) is 0 Å². The van der Waals surface area contributed by atoms with Gasteiger partial charge in [0.25, 0.3) is 0 Å². The normalized spacial score (nSPS) is 12.6. The highest BCUT2D eigenvalue weighted by Crippen LogP contribution is 2.32. The molecule has 0 radical (unpaired) electrons. The Morgan fingerprint density at radius 3 is 1.75 bits per heavy atom. The molecule has 4 nitrogen and oxygen atoms in total. The summed E-state index contributed by atoms with van der Waals surface area (Å²) in [5, 5.41) is 4.52. The van der Waals surface area contributed by atoms with Crippen molar-refractivity contribution in [2.45, 2.75) is 66.4 Å². The molecule has 0 spiro atoms. The van der Waals surface area contributed by atoms with Crippen LogP contribution in [0.15, 0.2) is 0 Å². The zero-order valence-corrected chi connectivity index (χ0v) is 11.3. The van der Waals surface area contributed by atoms with Gasteiger partial charge in [-0.15, -0.1) is 0 Å². The van der Waals surface area contributed by atoms with Gasteiger partial charge in [-0.1, -0.05) is 20.8 Å². The van der Waals surface area contributed by atoms with E-state index in [-0.39, 0.29) is 5.97 Å². The van der Waals surface area contributed by atoms with Crippen LogP contribution in [0, 0.1) is 5.41 Å². The van der Waals surface area contributed by atoms with E-state index in [1.54, 1.807) is 0 Å². The standard InChI is InChI=1S/C12H24O4/c1-7-12(8-2,9-3)10(13)14-16-15-11(4,5)6/h7-9H2,1-6H3. The summed E-state index contributed by atoms with van der Waals surface area (Å²) in [6.45, 7) is 11.4. The number of hydrogen-bond donors (Lipinski definition) is 0. The number of hydrogen-bond acceptors (Lipinski definition) is 4. The third-order valence-corrected chi connectivity index (χ3v) is 2.86. The largest absolute Gasteiger partial charge is 0.351 e. The van der Waals surface area contributed by atoms with Crippen LogP contribution in [0.2, 0.25) is 0 Å². The van der Waals surface area contributed by atoms with Crippen LogP contribution < -0.4 is 0 Å². The average Bonchev–Trinajstić information content (AvgIpc) is 2.19. The lowest BCUT2D eigenvalue weighted by molar-refractivity contribution is -0.516. The average molecular weight is 232 g/mol. The first-order valence-electron chi connectivity index (χ1n) is 5.88. The van der Waals surface area contributed by atoms with E-state index in [9.17, 15) is 4.79 Å². The minimum absolute atomic E-state index is 0.357. The Balaban J connectivity index is 4.23. The fourth-order valence-corrected chi connectivity index (χ4v) is 1.42. The molecule has 0 aromatic heterocycles. The second-order valence-corrected chi connectivity index (χ2v) is 4.98.